The first-order valence-corrected chi connectivity index (χ1v) is 8.49. The summed E-state index contributed by atoms with van der Waals surface area (Å²) in [6, 6.07) is 12.7. The number of carbonyl (C=O) groups excluding carboxylic acids is 2. The lowest BCUT2D eigenvalue weighted by atomic mass is 10.1. The molecule has 2 aromatic carbocycles. The Labute approximate surface area is 153 Å². The molecule has 1 atom stereocenters. The second kappa shape index (κ2) is 7.04. The van der Waals surface area contributed by atoms with Crippen LogP contribution in [0.4, 0.5) is 11.4 Å². The van der Waals surface area contributed by atoms with Gasteiger partial charge in [-0.25, -0.2) is 0 Å². The molecular weight excluding hydrogens is 328 g/mol. The van der Waals surface area contributed by atoms with E-state index in [4.69, 9.17) is 4.74 Å². The largest absolute Gasteiger partial charge is 0.479 e. The molecule has 5 heteroatoms. The second-order valence-electron chi connectivity index (χ2n) is 6.64. The summed E-state index contributed by atoms with van der Waals surface area (Å²) < 4.78 is 5.73. The number of ether oxygens (including phenoxy) is 1. The van der Waals surface area contributed by atoms with Crippen molar-refractivity contribution >= 4 is 23.2 Å². The molecule has 1 aliphatic heterocycles. The molecule has 134 valence electrons. The average molecular weight is 350 g/mol. The van der Waals surface area contributed by atoms with Crippen LogP contribution in [0.15, 0.2) is 54.6 Å². The van der Waals surface area contributed by atoms with Gasteiger partial charge in [0.15, 0.2) is 6.10 Å². The Bertz CT molecular complexity index is 871. The number of aryl methyl sites for hydroxylation is 1. The molecule has 0 saturated carbocycles. The SMILES string of the molecule is C=C(C)CN1C(=O)C(C)Oc2cc(NC(=O)c3ccc(C)cc3)ccc21. The third kappa shape index (κ3) is 3.61. The van der Waals surface area contributed by atoms with Gasteiger partial charge in [-0.1, -0.05) is 29.8 Å². The van der Waals surface area contributed by atoms with E-state index in [9.17, 15) is 9.59 Å². The first-order chi connectivity index (χ1) is 12.3. The van der Waals surface area contributed by atoms with Crippen molar-refractivity contribution in [2.24, 2.45) is 0 Å². The Hall–Kier alpha value is -3.08. The van der Waals surface area contributed by atoms with E-state index in [0.717, 1.165) is 11.1 Å². The van der Waals surface area contributed by atoms with Gasteiger partial charge in [-0.2, -0.15) is 0 Å². The van der Waals surface area contributed by atoms with Crippen LogP contribution in [0.5, 0.6) is 5.75 Å². The normalized spacial score (nSPS) is 15.9. The summed E-state index contributed by atoms with van der Waals surface area (Å²) in [4.78, 5) is 26.4. The highest BCUT2D eigenvalue weighted by Crippen LogP contribution is 2.36. The van der Waals surface area contributed by atoms with Crippen molar-refractivity contribution in [3.8, 4) is 5.75 Å². The van der Waals surface area contributed by atoms with Crippen molar-refractivity contribution in [2.75, 3.05) is 16.8 Å². The molecular formula is C21H22N2O3. The highest BCUT2D eigenvalue weighted by molar-refractivity contribution is 6.05. The van der Waals surface area contributed by atoms with Crippen LogP contribution in [0, 0.1) is 6.92 Å². The molecule has 5 nitrogen and oxygen atoms in total. The van der Waals surface area contributed by atoms with Gasteiger partial charge in [-0.15, -0.1) is 0 Å². The number of fused-ring (bicyclic) bond motifs is 1. The molecule has 0 spiro atoms. The Balaban J connectivity index is 1.85. The van der Waals surface area contributed by atoms with Gasteiger partial charge < -0.3 is 15.0 Å². The fourth-order valence-electron chi connectivity index (χ4n) is 2.83. The fourth-order valence-corrected chi connectivity index (χ4v) is 2.83. The number of hydrogen-bond donors (Lipinski definition) is 1. The van der Waals surface area contributed by atoms with Crippen LogP contribution in [-0.4, -0.2) is 24.5 Å². The van der Waals surface area contributed by atoms with E-state index in [1.807, 2.05) is 26.0 Å². The third-order valence-electron chi connectivity index (χ3n) is 4.17. The molecule has 1 aliphatic rings. The summed E-state index contributed by atoms with van der Waals surface area (Å²) in [6.45, 7) is 9.89. The smallest absolute Gasteiger partial charge is 0.268 e. The number of carbonyl (C=O) groups is 2. The molecule has 0 aromatic heterocycles. The minimum atomic E-state index is -0.579. The van der Waals surface area contributed by atoms with Crippen LogP contribution in [-0.2, 0) is 4.79 Å². The standard InChI is InChI=1S/C21H22N2O3/c1-13(2)12-23-18-10-9-17(11-19(18)26-15(4)21(23)25)22-20(24)16-7-5-14(3)6-8-16/h5-11,15H,1,12H2,2-4H3,(H,22,24). The second-order valence-corrected chi connectivity index (χ2v) is 6.64. The van der Waals surface area contributed by atoms with E-state index >= 15 is 0 Å². The number of rotatable bonds is 4. The first-order valence-electron chi connectivity index (χ1n) is 8.49. The van der Waals surface area contributed by atoms with Crippen LogP contribution in [0.2, 0.25) is 0 Å². The zero-order valence-corrected chi connectivity index (χ0v) is 15.2. The van der Waals surface area contributed by atoms with Gasteiger partial charge in [0.1, 0.15) is 5.75 Å². The minimum Gasteiger partial charge on any atom is -0.479 e. The van der Waals surface area contributed by atoms with Gasteiger partial charge in [0.25, 0.3) is 11.8 Å². The fraction of sp³-hybridized carbons (Fsp3) is 0.238. The lowest BCUT2D eigenvalue weighted by molar-refractivity contribution is -0.125. The monoisotopic (exact) mass is 350 g/mol. The van der Waals surface area contributed by atoms with E-state index in [0.29, 0.717) is 29.2 Å². The van der Waals surface area contributed by atoms with Crippen molar-refractivity contribution in [1.29, 1.82) is 0 Å². The van der Waals surface area contributed by atoms with Gasteiger partial charge in [0, 0.05) is 23.9 Å². The number of hydrogen-bond acceptors (Lipinski definition) is 3. The summed E-state index contributed by atoms with van der Waals surface area (Å²) in [5.74, 6) is 0.278. The Morgan fingerprint density at radius 2 is 1.92 bits per heavy atom. The Morgan fingerprint density at radius 3 is 2.58 bits per heavy atom. The lowest BCUT2D eigenvalue weighted by Crippen LogP contribution is -2.45. The molecule has 26 heavy (non-hydrogen) atoms. The molecule has 1 unspecified atom stereocenters. The van der Waals surface area contributed by atoms with Crippen LogP contribution in [0.1, 0.15) is 29.8 Å². The summed E-state index contributed by atoms with van der Waals surface area (Å²) in [7, 11) is 0. The molecule has 2 aromatic rings. The maximum absolute atomic E-state index is 12.4. The highest BCUT2D eigenvalue weighted by Gasteiger charge is 2.31. The minimum absolute atomic E-state index is 0.100. The molecule has 0 aliphatic carbocycles. The Morgan fingerprint density at radius 1 is 1.23 bits per heavy atom. The molecule has 0 saturated heterocycles. The van der Waals surface area contributed by atoms with Gasteiger partial charge in [-0.05, 0) is 45.0 Å². The van der Waals surface area contributed by atoms with Crippen molar-refractivity contribution in [3.63, 3.8) is 0 Å². The quantitative estimate of drug-likeness (QED) is 0.850. The van der Waals surface area contributed by atoms with Gasteiger partial charge >= 0.3 is 0 Å². The maximum atomic E-state index is 12.4. The van der Waals surface area contributed by atoms with Crippen molar-refractivity contribution in [1.82, 2.24) is 0 Å². The van der Waals surface area contributed by atoms with Crippen LogP contribution in [0.25, 0.3) is 0 Å². The number of anilines is 2. The zero-order chi connectivity index (χ0) is 18.8. The number of nitrogens with one attached hydrogen (secondary N) is 1. The molecule has 3 rings (SSSR count). The average Bonchev–Trinajstić information content (AvgIpc) is 2.59. The highest BCUT2D eigenvalue weighted by atomic mass is 16.5. The summed E-state index contributed by atoms with van der Waals surface area (Å²) in [5, 5.41) is 2.87. The summed E-state index contributed by atoms with van der Waals surface area (Å²) >= 11 is 0. The van der Waals surface area contributed by atoms with Gasteiger partial charge in [0.2, 0.25) is 0 Å². The number of nitrogens with zero attached hydrogens (tertiary/aromatic N) is 1. The first kappa shape index (κ1) is 17.7. The Kier molecular flexibility index (Phi) is 4.80. The zero-order valence-electron chi connectivity index (χ0n) is 15.2. The molecule has 1 N–H and O–H groups in total. The summed E-state index contributed by atoms with van der Waals surface area (Å²) in [6.07, 6.45) is -0.579. The molecule has 0 bridgehead atoms. The van der Waals surface area contributed by atoms with E-state index < -0.39 is 6.10 Å². The van der Waals surface area contributed by atoms with Crippen molar-refractivity contribution in [3.05, 3.63) is 65.7 Å². The summed E-state index contributed by atoms with van der Waals surface area (Å²) in [5.41, 5.74) is 3.87. The molecule has 1 heterocycles. The van der Waals surface area contributed by atoms with Crippen molar-refractivity contribution < 1.29 is 14.3 Å². The maximum Gasteiger partial charge on any atom is 0.268 e. The predicted molar refractivity (Wildman–Crippen MR) is 103 cm³/mol. The van der Waals surface area contributed by atoms with E-state index in [1.165, 1.54) is 0 Å². The van der Waals surface area contributed by atoms with Crippen LogP contribution < -0.4 is 15.0 Å². The number of amides is 2. The van der Waals surface area contributed by atoms with Gasteiger partial charge in [-0.3, -0.25) is 9.59 Å². The topological polar surface area (TPSA) is 58.6 Å². The predicted octanol–water partition coefficient (Wildman–Crippen LogP) is 3.94. The molecule has 2 amide bonds. The molecule has 0 fully saturated rings. The van der Waals surface area contributed by atoms with Crippen LogP contribution in [0.3, 0.4) is 0 Å². The number of benzene rings is 2. The van der Waals surface area contributed by atoms with Crippen LogP contribution >= 0.6 is 0 Å². The lowest BCUT2D eigenvalue weighted by Gasteiger charge is -2.33. The van der Waals surface area contributed by atoms with E-state index in [1.54, 1.807) is 42.2 Å². The van der Waals surface area contributed by atoms with Gasteiger partial charge in [0.05, 0.1) is 5.69 Å². The van der Waals surface area contributed by atoms with E-state index in [2.05, 4.69) is 11.9 Å². The third-order valence-corrected chi connectivity index (χ3v) is 4.17. The molecule has 0 radical (unpaired) electrons. The van der Waals surface area contributed by atoms with E-state index in [-0.39, 0.29) is 11.8 Å². The van der Waals surface area contributed by atoms with Crippen molar-refractivity contribution in [2.45, 2.75) is 26.9 Å².